The summed E-state index contributed by atoms with van der Waals surface area (Å²) >= 11 is 0. The molecule has 0 amide bonds. The smallest absolute Gasteiger partial charge is 0.242 e. The molecule has 5 heteroatoms. The van der Waals surface area contributed by atoms with Gasteiger partial charge in [0.2, 0.25) is 5.88 Å². The van der Waals surface area contributed by atoms with E-state index in [4.69, 9.17) is 10.5 Å². The molecule has 1 saturated carbocycles. The number of aromatic nitrogens is 2. The van der Waals surface area contributed by atoms with Gasteiger partial charge < -0.3 is 15.8 Å². The van der Waals surface area contributed by atoms with E-state index in [0.29, 0.717) is 24.2 Å². The Bertz CT molecular complexity index is 476. The van der Waals surface area contributed by atoms with E-state index >= 15 is 0 Å². The lowest BCUT2D eigenvalue weighted by Gasteiger charge is -2.22. The number of hydrogen-bond acceptors (Lipinski definition) is 5. The molecule has 5 nitrogen and oxygen atoms in total. The van der Waals surface area contributed by atoms with Crippen LogP contribution in [0.15, 0.2) is 0 Å². The van der Waals surface area contributed by atoms with Crippen molar-refractivity contribution in [3.63, 3.8) is 0 Å². The molecular formula is C16H28N4O. The first kappa shape index (κ1) is 15.9. The van der Waals surface area contributed by atoms with Crippen LogP contribution in [0, 0.1) is 0 Å². The number of anilines is 2. The zero-order chi connectivity index (χ0) is 15.5. The van der Waals surface area contributed by atoms with Crippen LogP contribution in [-0.4, -0.2) is 22.6 Å². The Hall–Kier alpha value is -1.52. The fraction of sp³-hybridized carbons (Fsp3) is 0.750. The number of nitrogens with one attached hydrogen (secondary N) is 1. The highest BCUT2D eigenvalue weighted by atomic mass is 16.5. The molecule has 1 aromatic heterocycles. The molecule has 21 heavy (non-hydrogen) atoms. The van der Waals surface area contributed by atoms with Crippen LogP contribution in [0.25, 0.3) is 0 Å². The largest absolute Gasteiger partial charge is 0.476 e. The van der Waals surface area contributed by atoms with E-state index in [1.165, 1.54) is 25.7 Å². The van der Waals surface area contributed by atoms with Crippen molar-refractivity contribution in [1.82, 2.24) is 9.97 Å². The summed E-state index contributed by atoms with van der Waals surface area (Å²) in [7, 11) is 0. The second-order valence-corrected chi connectivity index (χ2v) is 6.84. The summed E-state index contributed by atoms with van der Waals surface area (Å²) in [4.78, 5) is 9.17. The fourth-order valence-corrected chi connectivity index (χ4v) is 2.47. The maximum atomic E-state index is 6.20. The molecule has 0 unspecified atom stereocenters. The van der Waals surface area contributed by atoms with E-state index in [0.717, 1.165) is 18.1 Å². The third-order valence-corrected chi connectivity index (χ3v) is 3.72. The number of nitrogen functional groups attached to an aromatic ring is 1. The van der Waals surface area contributed by atoms with Crippen LogP contribution in [0.2, 0.25) is 0 Å². The fourth-order valence-electron chi connectivity index (χ4n) is 2.47. The van der Waals surface area contributed by atoms with Crippen molar-refractivity contribution in [1.29, 1.82) is 0 Å². The molecular weight excluding hydrogens is 264 g/mol. The molecule has 1 aromatic rings. The normalized spacial score (nSPS) is 16.2. The Labute approximate surface area is 127 Å². The van der Waals surface area contributed by atoms with Gasteiger partial charge >= 0.3 is 0 Å². The van der Waals surface area contributed by atoms with E-state index in [1.54, 1.807) is 0 Å². The molecule has 118 valence electrons. The Balaban J connectivity index is 2.31. The second-order valence-electron chi connectivity index (χ2n) is 6.84. The molecule has 0 spiro atoms. The van der Waals surface area contributed by atoms with Crippen molar-refractivity contribution < 1.29 is 4.74 Å². The third-order valence-electron chi connectivity index (χ3n) is 3.72. The Morgan fingerprint density at radius 1 is 1.24 bits per heavy atom. The Kier molecular flexibility index (Phi) is 4.91. The SMILES string of the molecule is CCCOc1nc(C(C)(C)C)nc(NC2CCCC2)c1N. The number of rotatable bonds is 5. The van der Waals surface area contributed by atoms with Gasteiger partial charge in [0.15, 0.2) is 5.82 Å². The minimum absolute atomic E-state index is 0.135. The minimum atomic E-state index is -0.135. The zero-order valence-electron chi connectivity index (χ0n) is 13.7. The Morgan fingerprint density at radius 2 is 1.90 bits per heavy atom. The number of ether oxygens (including phenoxy) is 1. The molecule has 1 aliphatic rings. The van der Waals surface area contributed by atoms with Crippen LogP contribution in [0.5, 0.6) is 5.88 Å². The highest BCUT2D eigenvalue weighted by Gasteiger charge is 2.24. The third kappa shape index (κ3) is 3.99. The maximum Gasteiger partial charge on any atom is 0.242 e. The molecule has 1 aliphatic carbocycles. The van der Waals surface area contributed by atoms with E-state index in [2.05, 4.69) is 43.0 Å². The van der Waals surface area contributed by atoms with Crippen LogP contribution < -0.4 is 15.8 Å². The number of nitrogens with zero attached hydrogens (tertiary/aromatic N) is 2. The molecule has 1 heterocycles. The summed E-state index contributed by atoms with van der Waals surface area (Å²) < 4.78 is 5.71. The van der Waals surface area contributed by atoms with Gasteiger partial charge in [-0.25, -0.2) is 4.98 Å². The lowest BCUT2D eigenvalue weighted by molar-refractivity contribution is 0.303. The molecule has 0 radical (unpaired) electrons. The van der Waals surface area contributed by atoms with Gasteiger partial charge in [-0.2, -0.15) is 4.98 Å². The van der Waals surface area contributed by atoms with E-state index < -0.39 is 0 Å². The zero-order valence-corrected chi connectivity index (χ0v) is 13.7. The average Bonchev–Trinajstić information content (AvgIpc) is 2.91. The molecule has 0 aromatic carbocycles. The number of nitrogens with two attached hydrogens (primary N) is 1. The molecule has 0 saturated heterocycles. The monoisotopic (exact) mass is 292 g/mol. The van der Waals surface area contributed by atoms with Crippen molar-refractivity contribution >= 4 is 11.5 Å². The number of hydrogen-bond donors (Lipinski definition) is 2. The van der Waals surface area contributed by atoms with Gasteiger partial charge in [-0.1, -0.05) is 40.5 Å². The molecule has 0 atom stereocenters. The van der Waals surface area contributed by atoms with Crippen LogP contribution in [-0.2, 0) is 5.41 Å². The van der Waals surface area contributed by atoms with Gasteiger partial charge in [-0.15, -0.1) is 0 Å². The van der Waals surface area contributed by atoms with Gasteiger partial charge in [-0.3, -0.25) is 0 Å². The average molecular weight is 292 g/mol. The second kappa shape index (κ2) is 6.50. The first-order valence-corrected chi connectivity index (χ1v) is 7.99. The van der Waals surface area contributed by atoms with Crippen molar-refractivity contribution in [2.75, 3.05) is 17.7 Å². The predicted octanol–water partition coefficient (Wildman–Crippen LogP) is 3.50. The van der Waals surface area contributed by atoms with Gasteiger partial charge in [0.1, 0.15) is 11.5 Å². The van der Waals surface area contributed by atoms with Gasteiger partial charge in [0.25, 0.3) is 0 Å². The quantitative estimate of drug-likeness (QED) is 0.869. The summed E-state index contributed by atoms with van der Waals surface area (Å²) in [6, 6.07) is 0.467. The first-order chi connectivity index (χ1) is 9.91. The summed E-state index contributed by atoms with van der Waals surface area (Å²) in [5.41, 5.74) is 6.60. The van der Waals surface area contributed by atoms with Crippen LogP contribution in [0.3, 0.4) is 0 Å². The standard InChI is InChI=1S/C16H28N4O/c1-5-10-21-14-12(17)13(18-11-8-6-7-9-11)19-15(20-14)16(2,3)4/h11H,5-10,17H2,1-4H3,(H,18,19,20). The Morgan fingerprint density at radius 3 is 2.48 bits per heavy atom. The van der Waals surface area contributed by atoms with Crippen LogP contribution >= 0.6 is 0 Å². The van der Waals surface area contributed by atoms with Crippen LogP contribution in [0.1, 0.15) is 65.6 Å². The molecule has 1 fully saturated rings. The molecule has 3 N–H and O–H groups in total. The van der Waals surface area contributed by atoms with E-state index in [1.807, 2.05) is 0 Å². The summed E-state index contributed by atoms with van der Waals surface area (Å²) in [6.07, 6.45) is 5.83. The van der Waals surface area contributed by atoms with Crippen molar-refractivity contribution in [2.45, 2.75) is 71.3 Å². The molecule has 0 aliphatic heterocycles. The highest BCUT2D eigenvalue weighted by molar-refractivity contribution is 5.67. The van der Waals surface area contributed by atoms with E-state index in [-0.39, 0.29) is 5.41 Å². The van der Waals surface area contributed by atoms with Crippen LogP contribution in [0.4, 0.5) is 11.5 Å². The topological polar surface area (TPSA) is 73.1 Å². The minimum Gasteiger partial charge on any atom is -0.476 e. The molecule has 2 rings (SSSR count). The van der Waals surface area contributed by atoms with Gasteiger partial charge in [0, 0.05) is 11.5 Å². The molecule has 0 bridgehead atoms. The lowest BCUT2D eigenvalue weighted by atomic mass is 9.95. The summed E-state index contributed by atoms with van der Waals surface area (Å²) in [5.74, 6) is 2.01. The van der Waals surface area contributed by atoms with Crippen molar-refractivity contribution in [3.8, 4) is 5.88 Å². The predicted molar refractivity (Wildman–Crippen MR) is 86.8 cm³/mol. The van der Waals surface area contributed by atoms with Gasteiger partial charge in [-0.05, 0) is 19.3 Å². The summed E-state index contributed by atoms with van der Waals surface area (Å²) in [5, 5.41) is 3.48. The lowest BCUT2D eigenvalue weighted by Crippen LogP contribution is -2.22. The first-order valence-electron chi connectivity index (χ1n) is 7.99. The summed E-state index contributed by atoms with van der Waals surface area (Å²) in [6.45, 7) is 8.98. The maximum absolute atomic E-state index is 6.20. The van der Waals surface area contributed by atoms with Crippen molar-refractivity contribution in [3.05, 3.63) is 5.82 Å². The van der Waals surface area contributed by atoms with Crippen molar-refractivity contribution in [2.24, 2.45) is 0 Å². The van der Waals surface area contributed by atoms with E-state index in [9.17, 15) is 0 Å². The van der Waals surface area contributed by atoms with Gasteiger partial charge in [0.05, 0.1) is 6.61 Å². The highest BCUT2D eigenvalue weighted by Crippen LogP contribution is 2.32.